The molecular weight excluding hydrogens is 290 g/mol. The van der Waals surface area contributed by atoms with Crippen LogP contribution in [0.2, 0.25) is 0 Å². The van der Waals surface area contributed by atoms with E-state index in [1.54, 1.807) is 4.68 Å². The van der Waals surface area contributed by atoms with Gasteiger partial charge < -0.3 is 4.52 Å². The smallest absolute Gasteiger partial charge is 0.230 e. The fourth-order valence-electron chi connectivity index (χ4n) is 3.20. The quantitative estimate of drug-likeness (QED) is 0.738. The third-order valence-corrected chi connectivity index (χ3v) is 4.50. The van der Waals surface area contributed by atoms with Crippen molar-refractivity contribution < 1.29 is 4.52 Å². The molecule has 1 aliphatic carbocycles. The summed E-state index contributed by atoms with van der Waals surface area (Å²) in [5.74, 6) is 1.67. The highest BCUT2D eigenvalue weighted by molar-refractivity contribution is 5.52. The molecule has 0 radical (unpaired) electrons. The molecule has 0 spiro atoms. The Labute approximate surface area is 134 Å². The lowest BCUT2D eigenvalue weighted by atomic mass is 9.89. The van der Waals surface area contributed by atoms with Crippen molar-refractivity contribution in [3.8, 4) is 17.2 Å². The standard InChI is InChI=1S/C17H19N5O/c1-12-15(19-21-22(12)14-10-6-3-7-11-14)16-18-17(23-20-16)13-8-4-2-5-9-13/h3,6-7,10-11,13H,2,4-5,8-9H2,1H3. The lowest BCUT2D eigenvalue weighted by Gasteiger charge is -2.17. The topological polar surface area (TPSA) is 69.6 Å². The van der Waals surface area contributed by atoms with Gasteiger partial charge in [0, 0.05) is 5.92 Å². The maximum absolute atomic E-state index is 5.49. The first-order chi connectivity index (χ1) is 11.3. The van der Waals surface area contributed by atoms with Gasteiger partial charge in [-0.3, -0.25) is 0 Å². The Bertz CT molecular complexity index is 786. The molecule has 0 aliphatic heterocycles. The van der Waals surface area contributed by atoms with Crippen LogP contribution in [0.1, 0.15) is 49.6 Å². The minimum absolute atomic E-state index is 0.398. The zero-order valence-corrected chi connectivity index (χ0v) is 13.1. The van der Waals surface area contributed by atoms with Crippen LogP contribution in [-0.2, 0) is 0 Å². The Morgan fingerprint density at radius 2 is 1.87 bits per heavy atom. The van der Waals surface area contributed by atoms with Crippen molar-refractivity contribution in [2.45, 2.75) is 44.9 Å². The zero-order valence-electron chi connectivity index (χ0n) is 13.1. The first-order valence-electron chi connectivity index (χ1n) is 8.14. The van der Waals surface area contributed by atoms with E-state index in [0.29, 0.717) is 17.4 Å². The van der Waals surface area contributed by atoms with Gasteiger partial charge in [0.05, 0.1) is 11.4 Å². The predicted octanol–water partition coefficient (Wildman–Crippen LogP) is 3.67. The number of hydrogen-bond donors (Lipinski definition) is 0. The van der Waals surface area contributed by atoms with Gasteiger partial charge in [0.25, 0.3) is 0 Å². The second kappa shape index (κ2) is 5.95. The van der Waals surface area contributed by atoms with Gasteiger partial charge in [-0.1, -0.05) is 47.8 Å². The minimum Gasteiger partial charge on any atom is -0.339 e. The molecule has 118 valence electrons. The third kappa shape index (κ3) is 2.65. The van der Waals surface area contributed by atoms with E-state index in [1.165, 1.54) is 19.3 Å². The number of hydrogen-bond acceptors (Lipinski definition) is 5. The summed E-state index contributed by atoms with van der Waals surface area (Å²) in [6.45, 7) is 1.97. The van der Waals surface area contributed by atoms with Crippen LogP contribution in [0, 0.1) is 6.92 Å². The highest BCUT2D eigenvalue weighted by Gasteiger charge is 2.24. The molecule has 0 N–H and O–H groups in total. The molecule has 1 saturated carbocycles. The molecule has 0 amide bonds. The van der Waals surface area contributed by atoms with E-state index in [1.807, 2.05) is 37.3 Å². The Morgan fingerprint density at radius 3 is 2.65 bits per heavy atom. The van der Waals surface area contributed by atoms with Gasteiger partial charge in [-0.25, -0.2) is 4.68 Å². The third-order valence-electron chi connectivity index (χ3n) is 4.50. The Balaban J connectivity index is 1.64. The molecule has 0 saturated heterocycles. The molecule has 3 aromatic rings. The van der Waals surface area contributed by atoms with Crippen LogP contribution in [0.5, 0.6) is 0 Å². The highest BCUT2D eigenvalue weighted by Crippen LogP contribution is 2.32. The second-order valence-corrected chi connectivity index (χ2v) is 6.06. The summed E-state index contributed by atoms with van der Waals surface area (Å²) in [6.07, 6.45) is 6.06. The van der Waals surface area contributed by atoms with E-state index >= 15 is 0 Å². The van der Waals surface area contributed by atoms with Gasteiger partial charge in [-0.2, -0.15) is 4.98 Å². The van der Waals surface area contributed by atoms with Crippen LogP contribution in [-0.4, -0.2) is 25.1 Å². The van der Waals surface area contributed by atoms with Crippen molar-refractivity contribution in [1.82, 2.24) is 25.1 Å². The number of aromatic nitrogens is 5. The van der Waals surface area contributed by atoms with Crippen LogP contribution >= 0.6 is 0 Å². The molecule has 0 atom stereocenters. The van der Waals surface area contributed by atoms with E-state index in [0.717, 1.165) is 30.1 Å². The molecular formula is C17H19N5O. The molecule has 6 heteroatoms. The Hall–Kier alpha value is -2.50. The summed E-state index contributed by atoms with van der Waals surface area (Å²) in [5.41, 5.74) is 2.56. The number of para-hydroxylation sites is 1. The van der Waals surface area contributed by atoms with Crippen molar-refractivity contribution in [1.29, 1.82) is 0 Å². The van der Waals surface area contributed by atoms with E-state index in [-0.39, 0.29) is 0 Å². The monoisotopic (exact) mass is 309 g/mol. The van der Waals surface area contributed by atoms with Gasteiger partial charge in [0.15, 0.2) is 5.69 Å². The molecule has 4 rings (SSSR count). The van der Waals surface area contributed by atoms with Crippen molar-refractivity contribution in [3.05, 3.63) is 41.9 Å². The molecule has 2 aromatic heterocycles. The molecule has 1 aromatic carbocycles. The molecule has 23 heavy (non-hydrogen) atoms. The second-order valence-electron chi connectivity index (χ2n) is 6.06. The zero-order chi connectivity index (χ0) is 15.6. The average molecular weight is 309 g/mol. The molecule has 6 nitrogen and oxygen atoms in total. The summed E-state index contributed by atoms with van der Waals surface area (Å²) in [5, 5.41) is 12.6. The maximum atomic E-state index is 5.49. The summed E-state index contributed by atoms with van der Waals surface area (Å²) >= 11 is 0. The van der Waals surface area contributed by atoms with E-state index in [2.05, 4.69) is 20.5 Å². The van der Waals surface area contributed by atoms with Crippen LogP contribution in [0.25, 0.3) is 17.2 Å². The fourth-order valence-corrected chi connectivity index (χ4v) is 3.20. The van der Waals surface area contributed by atoms with E-state index in [4.69, 9.17) is 4.52 Å². The summed E-state index contributed by atoms with van der Waals surface area (Å²) in [4.78, 5) is 4.58. The predicted molar refractivity (Wildman–Crippen MR) is 85.2 cm³/mol. The fraction of sp³-hybridized carbons (Fsp3) is 0.412. The van der Waals surface area contributed by atoms with Crippen LogP contribution in [0.15, 0.2) is 34.9 Å². The normalized spacial score (nSPS) is 15.9. The molecule has 0 unspecified atom stereocenters. The maximum Gasteiger partial charge on any atom is 0.230 e. The Kier molecular flexibility index (Phi) is 3.65. The van der Waals surface area contributed by atoms with Gasteiger partial charge in [-0.15, -0.1) is 5.10 Å². The van der Waals surface area contributed by atoms with Crippen molar-refractivity contribution in [2.75, 3.05) is 0 Å². The van der Waals surface area contributed by atoms with Gasteiger partial charge >= 0.3 is 0 Å². The lowest BCUT2D eigenvalue weighted by Crippen LogP contribution is -2.04. The number of benzene rings is 1. The van der Waals surface area contributed by atoms with Gasteiger partial charge in [0.1, 0.15) is 0 Å². The first-order valence-corrected chi connectivity index (χ1v) is 8.14. The highest BCUT2D eigenvalue weighted by atomic mass is 16.5. The molecule has 2 heterocycles. The first kappa shape index (κ1) is 14.1. The van der Waals surface area contributed by atoms with Gasteiger partial charge in [0.2, 0.25) is 11.7 Å². The van der Waals surface area contributed by atoms with Crippen LogP contribution < -0.4 is 0 Å². The summed E-state index contributed by atoms with van der Waals surface area (Å²) < 4.78 is 7.29. The number of nitrogens with zero attached hydrogens (tertiary/aromatic N) is 5. The van der Waals surface area contributed by atoms with Crippen molar-refractivity contribution >= 4 is 0 Å². The summed E-state index contributed by atoms with van der Waals surface area (Å²) in [7, 11) is 0. The minimum atomic E-state index is 0.398. The molecule has 1 aliphatic rings. The number of rotatable bonds is 3. The molecule has 1 fully saturated rings. The Morgan fingerprint density at radius 1 is 1.09 bits per heavy atom. The van der Waals surface area contributed by atoms with Crippen molar-refractivity contribution in [2.24, 2.45) is 0 Å². The largest absolute Gasteiger partial charge is 0.339 e. The van der Waals surface area contributed by atoms with Crippen LogP contribution in [0.3, 0.4) is 0 Å². The SMILES string of the molecule is Cc1c(-c2noc(C3CCCCC3)n2)nnn1-c1ccccc1. The lowest BCUT2D eigenvalue weighted by molar-refractivity contribution is 0.314. The van der Waals surface area contributed by atoms with E-state index < -0.39 is 0 Å². The van der Waals surface area contributed by atoms with Crippen LogP contribution in [0.4, 0.5) is 0 Å². The van der Waals surface area contributed by atoms with Gasteiger partial charge in [-0.05, 0) is 31.9 Å². The van der Waals surface area contributed by atoms with Crippen molar-refractivity contribution in [3.63, 3.8) is 0 Å². The van der Waals surface area contributed by atoms with E-state index in [9.17, 15) is 0 Å². The molecule has 0 bridgehead atoms. The average Bonchev–Trinajstić information content (AvgIpc) is 3.23. The summed E-state index contributed by atoms with van der Waals surface area (Å²) in [6, 6.07) is 9.92.